The summed E-state index contributed by atoms with van der Waals surface area (Å²) in [7, 11) is -3.25. The van der Waals surface area contributed by atoms with Crippen molar-refractivity contribution in [2.75, 3.05) is 7.11 Å². The maximum atomic E-state index is 14.0. The normalized spacial score (nSPS) is 13.7. The molecule has 0 heterocycles. The number of ether oxygens (including phenoxy) is 1. The van der Waals surface area contributed by atoms with Gasteiger partial charge >= 0.3 is 6.11 Å². The van der Waals surface area contributed by atoms with Gasteiger partial charge in [-0.3, -0.25) is 0 Å². The Morgan fingerprint density at radius 3 is 2.14 bits per heavy atom. The van der Waals surface area contributed by atoms with Crippen molar-refractivity contribution in [3.8, 4) is 0 Å². The molecule has 126 valence electrons. The van der Waals surface area contributed by atoms with Crippen LogP contribution in [-0.2, 0) is 20.9 Å². The number of methoxy groups -OCH3 is 1. The van der Waals surface area contributed by atoms with Crippen LogP contribution < -0.4 is 4.72 Å². The lowest BCUT2D eigenvalue weighted by Crippen LogP contribution is -2.41. The molecule has 0 spiro atoms. The molecular weight excluding hydrogens is 312 g/mol. The molecule has 0 saturated carbocycles. The van der Waals surface area contributed by atoms with Crippen molar-refractivity contribution in [1.29, 1.82) is 0 Å². The third kappa shape index (κ3) is 4.47. The van der Waals surface area contributed by atoms with Gasteiger partial charge in [-0.25, -0.2) is 13.1 Å². The van der Waals surface area contributed by atoms with Crippen LogP contribution in [0.1, 0.15) is 51.7 Å². The molecule has 0 unspecified atom stereocenters. The fourth-order valence-electron chi connectivity index (χ4n) is 1.94. The molecule has 1 rings (SSSR count). The molecule has 22 heavy (non-hydrogen) atoms. The van der Waals surface area contributed by atoms with Gasteiger partial charge in [-0.2, -0.15) is 8.78 Å². The van der Waals surface area contributed by atoms with Crippen LogP contribution in [0.2, 0.25) is 0 Å². The molecule has 1 aromatic carbocycles. The third-order valence-corrected chi connectivity index (χ3v) is 4.79. The van der Waals surface area contributed by atoms with Crippen LogP contribution in [0.4, 0.5) is 8.78 Å². The zero-order valence-electron chi connectivity index (χ0n) is 13.7. The molecule has 0 aromatic heterocycles. The average molecular weight is 335 g/mol. The van der Waals surface area contributed by atoms with Gasteiger partial charge in [0.05, 0.1) is 10.5 Å². The first-order valence-electron chi connectivity index (χ1n) is 6.91. The zero-order valence-corrected chi connectivity index (χ0v) is 14.5. The summed E-state index contributed by atoms with van der Waals surface area (Å²) in [4.78, 5) is -0.473. The lowest BCUT2D eigenvalue weighted by Gasteiger charge is -2.24. The second-order valence-corrected chi connectivity index (χ2v) is 8.14. The van der Waals surface area contributed by atoms with Crippen LogP contribution in [0, 0.1) is 0 Å². The number of sulfonamides is 1. The van der Waals surface area contributed by atoms with Crippen LogP contribution in [0.15, 0.2) is 23.1 Å². The van der Waals surface area contributed by atoms with Crippen molar-refractivity contribution in [3.63, 3.8) is 0 Å². The van der Waals surface area contributed by atoms with E-state index in [1.165, 1.54) is 18.2 Å². The summed E-state index contributed by atoms with van der Waals surface area (Å²) in [5, 5.41) is 0. The highest BCUT2D eigenvalue weighted by atomic mass is 32.2. The Morgan fingerprint density at radius 2 is 1.73 bits per heavy atom. The van der Waals surface area contributed by atoms with Gasteiger partial charge in [0, 0.05) is 12.6 Å². The van der Waals surface area contributed by atoms with Crippen LogP contribution in [0.25, 0.3) is 0 Å². The minimum atomic E-state index is -4.09. The zero-order chi connectivity index (χ0) is 17.3. The highest BCUT2D eigenvalue weighted by molar-refractivity contribution is 7.89. The molecule has 0 aliphatic carbocycles. The number of nitrogens with one attached hydrogen (secondary N) is 1. The predicted octanol–water partition coefficient (Wildman–Crippen LogP) is 3.58. The monoisotopic (exact) mass is 335 g/mol. The number of benzene rings is 1. The van der Waals surface area contributed by atoms with Crippen LogP contribution in [-0.4, -0.2) is 21.1 Å². The lowest BCUT2D eigenvalue weighted by atomic mass is 10.0. The standard InChI is InChI=1S/C15H23F2NO3S/c1-10(2)11-7-8-13(12(9-11)15(16,17)21-6)22(19,20)18-14(3,4)5/h7-10,18H,1-6H3. The number of hydrogen-bond acceptors (Lipinski definition) is 3. The first-order valence-corrected chi connectivity index (χ1v) is 8.40. The van der Waals surface area contributed by atoms with E-state index in [-0.39, 0.29) is 5.92 Å². The first kappa shape index (κ1) is 19.0. The third-order valence-electron chi connectivity index (χ3n) is 2.97. The Morgan fingerprint density at radius 1 is 1.18 bits per heavy atom. The highest BCUT2D eigenvalue weighted by Crippen LogP contribution is 2.35. The van der Waals surface area contributed by atoms with Gasteiger partial charge in [0.15, 0.2) is 0 Å². The number of hydrogen-bond donors (Lipinski definition) is 1. The number of halogens is 2. The molecule has 0 amide bonds. The van der Waals surface area contributed by atoms with Gasteiger partial charge in [0.25, 0.3) is 0 Å². The second kappa shape index (κ2) is 6.22. The molecule has 7 heteroatoms. The van der Waals surface area contributed by atoms with E-state index in [2.05, 4.69) is 9.46 Å². The fourth-order valence-corrected chi connectivity index (χ4v) is 3.57. The van der Waals surface area contributed by atoms with Crippen LogP contribution in [0.5, 0.6) is 0 Å². The summed E-state index contributed by atoms with van der Waals surface area (Å²) in [6.07, 6.45) is -3.69. The summed E-state index contributed by atoms with van der Waals surface area (Å²) in [6, 6.07) is 3.92. The molecule has 0 aliphatic rings. The van der Waals surface area contributed by atoms with Crippen molar-refractivity contribution in [3.05, 3.63) is 29.3 Å². The van der Waals surface area contributed by atoms with E-state index in [9.17, 15) is 17.2 Å². The van der Waals surface area contributed by atoms with Gasteiger partial charge in [-0.05, 0) is 44.4 Å². The SMILES string of the molecule is COC(F)(F)c1cc(C(C)C)ccc1S(=O)(=O)NC(C)(C)C. The van der Waals surface area contributed by atoms with Crippen LogP contribution >= 0.6 is 0 Å². The Kier molecular flexibility index (Phi) is 5.37. The Bertz CT molecular complexity index is 635. The van der Waals surface area contributed by atoms with Gasteiger partial charge in [0.2, 0.25) is 10.0 Å². The van der Waals surface area contributed by atoms with Crippen molar-refractivity contribution in [2.24, 2.45) is 0 Å². The average Bonchev–Trinajstić information content (AvgIpc) is 2.35. The summed E-state index contributed by atoms with van der Waals surface area (Å²) < 4.78 is 59.5. The van der Waals surface area contributed by atoms with Crippen molar-refractivity contribution < 1.29 is 21.9 Å². The maximum Gasteiger partial charge on any atom is 0.384 e. The number of alkyl halides is 2. The molecule has 0 radical (unpaired) electrons. The molecule has 0 atom stereocenters. The molecule has 1 aromatic rings. The molecule has 0 saturated heterocycles. The predicted molar refractivity (Wildman–Crippen MR) is 81.5 cm³/mol. The van der Waals surface area contributed by atoms with E-state index in [1.54, 1.807) is 20.8 Å². The number of rotatable bonds is 5. The summed E-state index contributed by atoms with van der Waals surface area (Å²) >= 11 is 0. The van der Waals surface area contributed by atoms with E-state index < -0.39 is 32.1 Å². The second-order valence-electron chi connectivity index (χ2n) is 6.49. The maximum absolute atomic E-state index is 14.0. The van der Waals surface area contributed by atoms with E-state index >= 15 is 0 Å². The van der Waals surface area contributed by atoms with Crippen molar-refractivity contribution in [1.82, 2.24) is 4.72 Å². The molecule has 0 aliphatic heterocycles. The Labute approximate surface area is 130 Å². The van der Waals surface area contributed by atoms with Gasteiger partial charge < -0.3 is 4.74 Å². The topological polar surface area (TPSA) is 55.4 Å². The lowest BCUT2D eigenvalue weighted by molar-refractivity contribution is -0.233. The van der Waals surface area contributed by atoms with E-state index in [4.69, 9.17) is 0 Å². The quantitative estimate of drug-likeness (QED) is 0.895. The van der Waals surface area contributed by atoms with Crippen molar-refractivity contribution >= 4 is 10.0 Å². The molecule has 0 bridgehead atoms. The molecule has 1 N–H and O–H groups in total. The Hall–Kier alpha value is -1.05. The summed E-state index contributed by atoms with van der Waals surface area (Å²) in [6.45, 7) is 8.60. The summed E-state index contributed by atoms with van der Waals surface area (Å²) in [5.74, 6) is -0.0151. The van der Waals surface area contributed by atoms with E-state index in [0.29, 0.717) is 5.56 Å². The van der Waals surface area contributed by atoms with Crippen molar-refractivity contribution in [2.45, 2.75) is 57.1 Å². The smallest absolute Gasteiger partial charge is 0.320 e. The minimum Gasteiger partial charge on any atom is -0.320 e. The summed E-state index contributed by atoms with van der Waals surface area (Å²) in [5.41, 5.74) is -0.825. The van der Waals surface area contributed by atoms with Crippen LogP contribution in [0.3, 0.4) is 0 Å². The largest absolute Gasteiger partial charge is 0.384 e. The fraction of sp³-hybridized carbons (Fsp3) is 0.600. The van der Waals surface area contributed by atoms with E-state index in [0.717, 1.165) is 7.11 Å². The Balaban J connectivity index is 3.55. The first-order chi connectivity index (χ1) is 9.80. The minimum absolute atomic E-state index is 0.0151. The van der Waals surface area contributed by atoms with E-state index in [1.807, 2.05) is 13.8 Å². The molecule has 0 fully saturated rings. The van der Waals surface area contributed by atoms with Gasteiger partial charge in [-0.15, -0.1) is 0 Å². The molecule has 4 nitrogen and oxygen atoms in total. The van der Waals surface area contributed by atoms with Gasteiger partial charge in [-0.1, -0.05) is 19.9 Å². The molecular formula is C15H23F2NO3S. The highest BCUT2D eigenvalue weighted by Gasteiger charge is 2.38. The van der Waals surface area contributed by atoms with Gasteiger partial charge in [0.1, 0.15) is 0 Å².